The number of allylic oxidation sites excluding steroid dienone is 4. The molecule has 19 heavy (non-hydrogen) atoms. The van der Waals surface area contributed by atoms with E-state index in [4.69, 9.17) is 5.11 Å². The number of phenolic OH excluding ortho intramolecular Hbond substituents is 1. The number of hydrogen-bond donors (Lipinski definition) is 2. The van der Waals surface area contributed by atoms with Crippen molar-refractivity contribution in [3.05, 3.63) is 79.1 Å². The largest absolute Gasteiger partial charge is 0.509 e. The summed E-state index contributed by atoms with van der Waals surface area (Å²) in [5.41, 5.74) is 2.05. The van der Waals surface area contributed by atoms with Crippen LogP contribution in [0.15, 0.2) is 73.6 Å². The minimum atomic E-state index is 0.0162. The van der Waals surface area contributed by atoms with Crippen molar-refractivity contribution in [1.29, 1.82) is 0 Å². The van der Waals surface area contributed by atoms with Gasteiger partial charge in [-0.3, -0.25) is 0 Å². The van der Waals surface area contributed by atoms with Crippen molar-refractivity contribution in [2.75, 3.05) is 0 Å². The fourth-order valence-electron chi connectivity index (χ4n) is 1.77. The maximum absolute atomic E-state index is 9.22. The molecule has 0 aliphatic rings. The molecule has 0 aliphatic heterocycles. The zero-order valence-electron chi connectivity index (χ0n) is 11.0. The highest BCUT2D eigenvalue weighted by Gasteiger charge is 2.07. The summed E-state index contributed by atoms with van der Waals surface area (Å²) in [6.07, 6.45) is 6.90. The molecule has 1 atom stereocenters. The van der Waals surface area contributed by atoms with Gasteiger partial charge in [-0.2, -0.15) is 0 Å². The summed E-state index contributed by atoms with van der Waals surface area (Å²) >= 11 is 0. The van der Waals surface area contributed by atoms with E-state index in [1.54, 1.807) is 18.2 Å². The van der Waals surface area contributed by atoms with E-state index in [9.17, 15) is 5.11 Å². The first-order valence-corrected chi connectivity index (χ1v) is 6.18. The van der Waals surface area contributed by atoms with Crippen LogP contribution in [0, 0.1) is 5.92 Å². The highest BCUT2D eigenvalue weighted by atomic mass is 16.3. The molecule has 0 saturated carbocycles. The van der Waals surface area contributed by atoms with Gasteiger partial charge in [0.1, 0.15) is 11.5 Å². The standard InChI is InChI=1S/C17H20O2/c1-4-16(13(2)5-6-14(3)18)10-7-15-8-11-17(19)12-9-15/h4-6,8-9,11-12,16,18-19H,1-3,7,10H2/b6-5-. The topological polar surface area (TPSA) is 40.5 Å². The molecule has 1 rings (SSSR count). The average Bonchev–Trinajstić information content (AvgIpc) is 2.39. The fraction of sp³-hybridized carbons (Fsp3) is 0.176. The first-order chi connectivity index (χ1) is 9.02. The van der Waals surface area contributed by atoms with Crippen LogP contribution in [0.5, 0.6) is 5.75 Å². The molecule has 0 aromatic heterocycles. The molecule has 0 amide bonds. The lowest BCUT2D eigenvalue weighted by molar-refractivity contribution is 0.435. The lowest BCUT2D eigenvalue weighted by Gasteiger charge is -2.12. The lowest BCUT2D eigenvalue weighted by Crippen LogP contribution is -2.00. The van der Waals surface area contributed by atoms with Crippen molar-refractivity contribution < 1.29 is 10.2 Å². The minimum absolute atomic E-state index is 0.0162. The van der Waals surface area contributed by atoms with Crippen LogP contribution in [0.4, 0.5) is 0 Å². The van der Waals surface area contributed by atoms with Gasteiger partial charge in [0.2, 0.25) is 0 Å². The summed E-state index contributed by atoms with van der Waals surface area (Å²) in [4.78, 5) is 0. The molecule has 1 aromatic carbocycles. The van der Waals surface area contributed by atoms with Crippen LogP contribution < -0.4 is 0 Å². The third kappa shape index (κ3) is 5.30. The number of aliphatic hydroxyl groups is 1. The van der Waals surface area contributed by atoms with Crippen LogP contribution in [0.3, 0.4) is 0 Å². The predicted octanol–water partition coefficient (Wildman–Crippen LogP) is 4.31. The summed E-state index contributed by atoms with van der Waals surface area (Å²) in [6, 6.07) is 7.18. The van der Waals surface area contributed by atoms with Gasteiger partial charge < -0.3 is 10.2 Å². The zero-order valence-corrected chi connectivity index (χ0v) is 11.0. The van der Waals surface area contributed by atoms with Gasteiger partial charge in [-0.1, -0.05) is 37.4 Å². The Kier molecular flexibility index (Phi) is 5.68. The van der Waals surface area contributed by atoms with Gasteiger partial charge in [0, 0.05) is 5.92 Å². The van der Waals surface area contributed by atoms with Crippen LogP contribution in [-0.2, 0) is 6.42 Å². The molecule has 0 aliphatic carbocycles. The van der Waals surface area contributed by atoms with Crippen LogP contribution in [-0.4, -0.2) is 10.2 Å². The SMILES string of the molecule is C=CC(CCc1ccc(O)cc1)C(=C)/C=C\C(=C)O. The van der Waals surface area contributed by atoms with Gasteiger partial charge in [0.15, 0.2) is 0 Å². The minimum Gasteiger partial charge on any atom is -0.509 e. The summed E-state index contributed by atoms with van der Waals surface area (Å²) < 4.78 is 0. The molecular weight excluding hydrogens is 236 g/mol. The second-order valence-corrected chi connectivity index (χ2v) is 4.45. The third-order valence-electron chi connectivity index (χ3n) is 2.93. The van der Waals surface area contributed by atoms with E-state index in [0.29, 0.717) is 0 Å². The van der Waals surface area contributed by atoms with E-state index in [0.717, 1.165) is 24.0 Å². The highest BCUT2D eigenvalue weighted by Crippen LogP contribution is 2.20. The molecule has 0 radical (unpaired) electrons. The number of benzene rings is 1. The Morgan fingerprint density at radius 1 is 1.16 bits per heavy atom. The van der Waals surface area contributed by atoms with Crippen molar-refractivity contribution in [2.24, 2.45) is 5.92 Å². The molecule has 0 spiro atoms. The molecule has 1 unspecified atom stereocenters. The summed E-state index contributed by atoms with van der Waals surface area (Å²) in [5, 5.41) is 18.2. The van der Waals surface area contributed by atoms with Crippen molar-refractivity contribution in [1.82, 2.24) is 0 Å². The van der Waals surface area contributed by atoms with Gasteiger partial charge in [-0.25, -0.2) is 0 Å². The predicted molar refractivity (Wildman–Crippen MR) is 80.2 cm³/mol. The lowest BCUT2D eigenvalue weighted by atomic mass is 9.93. The van der Waals surface area contributed by atoms with E-state index in [2.05, 4.69) is 19.7 Å². The maximum atomic E-state index is 9.22. The number of rotatable bonds is 7. The quantitative estimate of drug-likeness (QED) is 0.433. The third-order valence-corrected chi connectivity index (χ3v) is 2.93. The van der Waals surface area contributed by atoms with Crippen LogP contribution in [0.2, 0.25) is 0 Å². The first kappa shape index (κ1) is 14.8. The van der Waals surface area contributed by atoms with Crippen molar-refractivity contribution >= 4 is 0 Å². The smallest absolute Gasteiger partial charge is 0.115 e. The summed E-state index contributed by atoms with van der Waals surface area (Å²) in [7, 11) is 0. The Morgan fingerprint density at radius 2 is 1.79 bits per heavy atom. The molecule has 1 aromatic rings. The van der Waals surface area contributed by atoms with Gasteiger partial charge in [-0.15, -0.1) is 6.58 Å². The van der Waals surface area contributed by atoms with Crippen LogP contribution >= 0.6 is 0 Å². The molecule has 2 nitrogen and oxygen atoms in total. The maximum Gasteiger partial charge on any atom is 0.115 e. The second kappa shape index (κ2) is 7.27. The highest BCUT2D eigenvalue weighted by molar-refractivity contribution is 5.28. The summed E-state index contributed by atoms with van der Waals surface area (Å²) in [6.45, 7) is 11.2. The Balaban J connectivity index is 2.57. The zero-order chi connectivity index (χ0) is 14.3. The van der Waals surface area contributed by atoms with Gasteiger partial charge in [0.05, 0.1) is 0 Å². The molecule has 0 saturated heterocycles. The Bertz CT molecular complexity index is 480. The number of aromatic hydroxyl groups is 1. The van der Waals surface area contributed by atoms with E-state index in [-0.39, 0.29) is 17.4 Å². The Morgan fingerprint density at radius 3 is 2.32 bits per heavy atom. The molecule has 0 heterocycles. The van der Waals surface area contributed by atoms with Gasteiger partial charge in [-0.05, 0) is 42.2 Å². The average molecular weight is 256 g/mol. The fourth-order valence-corrected chi connectivity index (χ4v) is 1.77. The normalized spacial score (nSPS) is 12.2. The molecule has 2 N–H and O–H groups in total. The number of hydrogen-bond acceptors (Lipinski definition) is 2. The molecule has 0 fully saturated rings. The monoisotopic (exact) mass is 256 g/mol. The van der Waals surface area contributed by atoms with Crippen molar-refractivity contribution in [3.8, 4) is 5.75 Å². The van der Waals surface area contributed by atoms with Gasteiger partial charge in [0.25, 0.3) is 0 Å². The molecule has 100 valence electrons. The Hall–Kier alpha value is -2.22. The first-order valence-electron chi connectivity index (χ1n) is 6.18. The van der Waals surface area contributed by atoms with Crippen LogP contribution in [0.1, 0.15) is 12.0 Å². The number of aryl methyl sites for hydroxylation is 1. The van der Waals surface area contributed by atoms with Crippen LogP contribution in [0.25, 0.3) is 0 Å². The molecule has 2 heteroatoms. The van der Waals surface area contributed by atoms with Crippen molar-refractivity contribution in [2.45, 2.75) is 12.8 Å². The molecule has 0 bridgehead atoms. The van der Waals surface area contributed by atoms with E-state index < -0.39 is 0 Å². The van der Waals surface area contributed by atoms with Crippen molar-refractivity contribution in [3.63, 3.8) is 0 Å². The van der Waals surface area contributed by atoms with E-state index >= 15 is 0 Å². The Labute approximate surface area is 114 Å². The van der Waals surface area contributed by atoms with E-state index in [1.165, 1.54) is 6.08 Å². The van der Waals surface area contributed by atoms with E-state index in [1.807, 2.05) is 18.2 Å². The number of aliphatic hydroxyl groups excluding tert-OH is 1. The summed E-state index contributed by atoms with van der Waals surface area (Å²) in [5.74, 6) is 0.449. The molecular formula is C17H20O2. The second-order valence-electron chi connectivity index (χ2n) is 4.45. The number of phenols is 1. The van der Waals surface area contributed by atoms with Gasteiger partial charge >= 0.3 is 0 Å².